The highest BCUT2D eigenvalue weighted by atomic mass is 35.5. The predicted octanol–water partition coefficient (Wildman–Crippen LogP) is 1.89. The van der Waals surface area contributed by atoms with E-state index in [9.17, 15) is 14.9 Å². The van der Waals surface area contributed by atoms with E-state index >= 15 is 0 Å². The molecule has 2 rings (SSSR count). The van der Waals surface area contributed by atoms with Crippen molar-refractivity contribution in [2.24, 2.45) is 11.7 Å². The Hall–Kier alpha value is -1.18. The van der Waals surface area contributed by atoms with Crippen molar-refractivity contribution in [1.29, 1.82) is 0 Å². The summed E-state index contributed by atoms with van der Waals surface area (Å²) < 4.78 is 0. The first-order valence-electron chi connectivity index (χ1n) is 5.78. The minimum Gasteiger partial charge on any atom is -0.338 e. The van der Waals surface area contributed by atoms with E-state index < -0.39 is 4.92 Å². The third-order valence-electron chi connectivity index (χ3n) is 3.24. The number of likely N-dealkylation sites (tertiary alicyclic amines) is 1. The zero-order chi connectivity index (χ0) is 13.3. The quantitative estimate of drug-likeness (QED) is 0.682. The lowest BCUT2D eigenvalue weighted by Crippen LogP contribution is -2.32. The normalized spacial score (nSPS) is 19.9. The third-order valence-corrected chi connectivity index (χ3v) is 4.26. The van der Waals surface area contributed by atoms with Gasteiger partial charge in [0.05, 0.1) is 9.80 Å². The lowest BCUT2D eigenvalue weighted by atomic mass is 10.0. The average Bonchev–Trinajstić information content (AvgIpc) is 2.97. The van der Waals surface area contributed by atoms with Crippen LogP contribution in [-0.4, -0.2) is 34.9 Å². The maximum atomic E-state index is 12.1. The Morgan fingerprint density at radius 1 is 1.63 bits per heavy atom. The first-order valence-corrected chi connectivity index (χ1v) is 6.59. The molecule has 0 spiro atoms. The number of rotatable bonds is 3. The Balaban J connectivity index is 0.00000180. The summed E-state index contributed by atoms with van der Waals surface area (Å²) >= 11 is 0.924. The summed E-state index contributed by atoms with van der Waals surface area (Å²) in [5.74, 6) is 0.195. The predicted molar refractivity (Wildman–Crippen MR) is 75.9 cm³/mol. The summed E-state index contributed by atoms with van der Waals surface area (Å²) in [5.41, 5.74) is 5.82. The molecule has 106 valence electrons. The SMILES string of the molecule is CC(N)C1CCN(C(=O)c2ccc([N+](=O)[O-])s2)C1.Cl. The van der Waals surface area contributed by atoms with E-state index in [-0.39, 0.29) is 29.4 Å². The molecule has 2 unspecified atom stereocenters. The molecule has 2 heterocycles. The van der Waals surface area contributed by atoms with Gasteiger partial charge >= 0.3 is 5.00 Å². The second kappa shape index (κ2) is 6.31. The monoisotopic (exact) mass is 305 g/mol. The van der Waals surface area contributed by atoms with Crippen molar-refractivity contribution in [3.05, 3.63) is 27.1 Å². The zero-order valence-corrected chi connectivity index (χ0v) is 12.1. The van der Waals surface area contributed by atoms with Crippen molar-refractivity contribution in [2.75, 3.05) is 13.1 Å². The van der Waals surface area contributed by atoms with Crippen LogP contribution in [0.4, 0.5) is 5.00 Å². The van der Waals surface area contributed by atoms with E-state index in [4.69, 9.17) is 5.73 Å². The molecule has 1 saturated heterocycles. The van der Waals surface area contributed by atoms with Crippen LogP contribution < -0.4 is 5.73 Å². The number of thiophene rings is 1. The summed E-state index contributed by atoms with van der Waals surface area (Å²) in [5, 5.41) is 10.6. The molecule has 2 N–H and O–H groups in total. The van der Waals surface area contributed by atoms with Gasteiger partial charge in [0.2, 0.25) is 0 Å². The Kier molecular flexibility index (Phi) is 5.28. The fraction of sp³-hybridized carbons (Fsp3) is 0.545. The van der Waals surface area contributed by atoms with Crippen molar-refractivity contribution >= 4 is 34.7 Å². The van der Waals surface area contributed by atoms with Gasteiger partial charge in [-0.15, -0.1) is 12.4 Å². The van der Waals surface area contributed by atoms with Gasteiger partial charge in [0.25, 0.3) is 5.91 Å². The van der Waals surface area contributed by atoms with Gasteiger partial charge in [-0.05, 0) is 25.3 Å². The van der Waals surface area contributed by atoms with E-state index in [0.29, 0.717) is 23.9 Å². The van der Waals surface area contributed by atoms with Gasteiger partial charge in [0.1, 0.15) is 0 Å². The van der Waals surface area contributed by atoms with Gasteiger partial charge < -0.3 is 10.6 Å². The smallest absolute Gasteiger partial charge is 0.324 e. The van der Waals surface area contributed by atoms with Crippen LogP contribution >= 0.6 is 23.7 Å². The van der Waals surface area contributed by atoms with Crippen molar-refractivity contribution in [1.82, 2.24) is 4.90 Å². The maximum Gasteiger partial charge on any atom is 0.324 e. The minimum absolute atomic E-state index is 0. The molecule has 1 fully saturated rings. The zero-order valence-electron chi connectivity index (χ0n) is 10.4. The summed E-state index contributed by atoms with van der Waals surface area (Å²) in [6.07, 6.45) is 0.900. The highest BCUT2D eigenvalue weighted by Gasteiger charge is 2.30. The molecule has 1 aromatic heterocycles. The Labute approximate surface area is 121 Å². The van der Waals surface area contributed by atoms with Gasteiger partial charge in [0, 0.05) is 25.2 Å². The molecule has 0 aliphatic carbocycles. The summed E-state index contributed by atoms with van der Waals surface area (Å²) in [7, 11) is 0. The highest BCUT2D eigenvalue weighted by Crippen LogP contribution is 2.27. The van der Waals surface area contributed by atoms with Crippen LogP contribution in [0, 0.1) is 16.0 Å². The fourth-order valence-electron chi connectivity index (χ4n) is 2.10. The third kappa shape index (κ3) is 3.43. The van der Waals surface area contributed by atoms with Crippen LogP contribution in [-0.2, 0) is 0 Å². The number of halogens is 1. The first kappa shape index (κ1) is 15.9. The number of carbonyl (C=O) groups excluding carboxylic acids is 1. The van der Waals surface area contributed by atoms with Crippen LogP contribution in [0.5, 0.6) is 0 Å². The molecule has 0 bridgehead atoms. The minimum atomic E-state index is -0.476. The number of carbonyl (C=O) groups is 1. The standard InChI is InChI=1S/C11H15N3O3S.ClH/c1-7(12)8-4-5-13(6-8)11(15)9-2-3-10(18-9)14(16)17;/h2-3,7-8H,4-6,12H2,1H3;1H. The van der Waals surface area contributed by atoms with Crippen molar-refractivity contribution < 1.29 is 9.72 Å². The molecule has 1 aliphatic heterocycles. The lowest BCUT2D eigenvalue weighted by Gasteiger charge is -2.17. The number of hydrogen-bond donors (Lipinski definition) is 1. The maximum absolute atomic E-state index is 12.1. The van der Waals surface area contributed by atoms with Gasteiger partial charge in [-0.3, -0.25) is 14.9 Å². The topological polar surface area (TPSA) is 89.5 Å². The first-order chi connectivity index (χ1) is 8.49. The summed E-state index contributed by atoms with van der Waals surface area (Å²) in [6.45, 7) is 3.26. The van der Waals surface area contributed by atoms with Crippen LogP contribution in [0.25, 0.3) is 0 Å². The lowest BCUT2D eigenvalue weighted by molar-refractivity contribution is -0.380. The average molecular weight is 306 g/mol. The van der Waals surface area contributed by atoms with Gasteiger partial charge in [-0.25, -0.2) is 0 Å². The van der Waals surface area contributed by atoms with Crippen LogP contribution in [0.2, 0.25) is 0 Å². The summed E-state index contributed by atoms with van der Waals surface area (Å²) in [4.78, 5) is 24.4. The molecule has 0 radical (unpaired) electrons. The largest absolute Gasteiger partial charge is 0.338 e. The van der Waals surface area contributed by atoms with Gasteiger partial charge in [0.15, 0.2) is 0 Å². The molecule has 0 aromatic carbocycles. The van der Waals surface area contributed by atoms with Crippen molar-refractivity contribution in [3.8, 4) is 0 Å². The van der Waals surface area contributed by atoms with Crippen LogP contribution in [0.1, 0.15) is 23.0 Å². The molecular formula is C11H16ClN3O3S. The molecule has 6 nitrogen and oxygen atoms in total. The number of nitro groups is 1. The molecule has 1 aliphatic rings. The van der Waals surface area contributed by atoms with Crippen LogP contribution in [0.15, 0.2) is 12.1 Å². The second-order valence-electron chi connectivity index (χ2n) is 4.55. The van der Waals surface area contributed by atoms with Crippen LogP contribution in [0.3, 0.4) is 0 Å². The molecular weight excluding hydrogens is 290 g/mol. The van der Waals surface area contributed by atoms with Gasteiger partial charge in [-0.2, -0.15) is 0 Å². The molecule has 0 saturated carbocycles. The Morgan fingerprint density at radius 2 is 2.32 bits per heavy atom. The van der Waals surface area contributed by atoms with E-state index in [1.807, 2.05) is 6.92 Å². The summed E-state index contributed by atoms with van der Waals surface area (Å²) in [6, 6.07) is 2.96. The number of nitrogens with zero attached hydrogens (tertiary/aromatic N) is 2. The molecule has 19 heavy (non-hydrogen) atoms. The number of amides is 1. The highest BCUT2D eigenvalue weighted by molar-refractivity contribution is 7.17. The number of nitrogens with two attached hydrogens (primary N) is 1. The van der Waals surface area contributed by atoms with Gasteiger partial charge in [-0.1, -0.05) is 11.3 Å². The van der Waals surface area contributed by atoms with E-state index in [1.54, 1.807) is 4.90 Å². The van der Waals surface area contributed by atoms with E-state index in [0.717, 1.165) is 17.8 Å². The van der Waals surface area contributed by atoms with Crippen molar-refractivity contribution in [3.63, 3.8) is 0 Å². The molecule has 1 aromatic rings. The van der Waals surface area contributed by atoms with E-state index in [1.165, 1.54) is 12.1 Å². The number of hydrogen-bond acceptors (Lipinski definition) is 5. The Bertz CT molecular complexity index is 478. The Morgan fingerprint density at radius 3 is 2.79 bits per heavy atom. The van der Waals surface area contributed by atoms with Crippen molar-refractivity contribution in [2.45, 2.75) is 19.4 Å². The second-order valence-corrected chi connectivity index (χ2v) is 5.62. The fourth-order valence-corrected chi connectivity index (χ4v) is 2.89. The molecule has 1 amide bonds. The molecule has 8 heteroatoms. The van der Waals surface area contributed by atoms with E-state index in [2.05, 4.69) is 0 Å². The molecule has 2 atom stereocenters.